The zero-order valence-electron chi connectivity index (χ0n) is 13.3. The minimum absolute atomic E-state index is 0.00578. The van der Waals surface area contributed by atoms with E-state index in [1.54, 1.807) is 23.1 Å². The van der Waals surface area contributed by atoms with E-state index in [9.17, 15) is 9.59 Å². The van der Waals surface area contributed by atoms with Crippen molar-refractivity contribution in [2.24, 2.45) is 11.7 Å². The third-order valence-corrected chi connectivity index (χ3v) is 5.10. The normalized spacial score (nSPS) is 21.6. The third-order valence-electron chi connectivity index (χ3n) is 4.67. The first kappa shape index (κ1) is 17.5. The van der Waals surface area contributed by atoms with Gasteiger partial charge < -0.3 is 16.0 Å². The summed E-state index contributed by atoms with van der Waals surface area (Å²) in [4.78, 5) is 26.8. The second kappa shape index (κ2) is 7.30. The molecule has 1 saturated carbocycles. The van der Waals surface area contributed by atoms with Gasteiger partial charge in [-0.3, -0.25) is 9.59 Å². The van der Waals surface area contributed by atoms with E-state index >= 15 is 0 Å². The van der Waals surface area contributed by atoms with Gasteiger partial charge in [0.15, 0.2) is 0 Å². The molecule has 1 aromatic carbocycles. The van der Waals surface area contributed by atoms with Gasteiger partial charge in [0.1, 0.15) is 6.04 Å². The molecule has 130 valence electrons. The van der Waals surface area contributed by atoms with Crippen LogP contribution in [0.3, 0.4) is 0 Å². The second-order valence-corrected chi connectivity index (χ2v) is 7.43. The van der Waals surface area contributed by atoms with Gasteiger partial charge in [0.25, 0.3) is 5.91 Å². The number of halogens is 2. The Bertz CT molecular complexity index is 628. The van der Waals surface area contributed by atoms with Crippen molar-refractivity contribution in [1.82, 2.24) is 10.2 Å². The summed E-state index contributed by atoms with van der Waals surface area (Å²) >= 11 is 11.9. The van der Waals surface area contributed by atoms with Crippen LogP contribution in [0.15, 0.2) is 18.2 Å². The Morgan fingerprint density at radius 3 is 2.50 bits per heavy atom. The molecule has 1 saturated heterocycles. The Balaban J connectivity index is 1.65. The number of hydrogen-bond donors (Lipinski definition) is 2. The van der Waals surface area contributed by atoms with Crippen LogP contribution in [0.5, 0.6) is 0 Å². The summed E-state index contributed by atoms with van der Waals surface area (Å²) in [6, 6.07) is 4.28. The van der Waals surface area contributed by atoms with E-state index < -0.39 is 6.04 Å². The minimum Gasteiger partial charge on any atom is -0.353 e. The van der Waals surface area contributed by atoms with Crippen molar-refractivity contribution < 1.29 is 9.59 Å². The molecule has 0 radical (unpaired) electrons. The molecule has 3 N–H and O–H groups in total. The largest absolute Gasteiger partial charge is 0.353 e. The Morgan fingerprint density at radius 2 is 1.88 bits per heavy atom. The van der Waals surface area contributed by atoms with Crippen molar-refractivity contribution in [2.45, 2.75) is 37.8 Å². The lowest BCUT2D eigenvalue weighted by molar-refractivity contribution is -0.124. The van der Waals surface area contributed by atoms with E-state index in [1.807, 2.05) is 0 Å². The molecule has 1 aliphatic heterocycles. The second-order valence-electron chi connectivity index (χ2n) is 6.56. The maximum absolute atomic E-state index is 12.7. The lowest BCUT2D eigenvalue weighted by Crippen LogP contribution is -2.48. The highest BCUT2D eigenvalue weighted by atomic mass is 35.5. The highest BCUT2D eigenvalue weighted by Crippen LogP contribution is 2.31. The maximum atomic E-state index is 12.7. The lowest BCUT2D eigenvalue weighted by atomic mass is 10.1. The molecule has 2 unspecified atom stereocenters. The van der Waals surface area contributed by atoms with Gasteiger partial charge in [-0.25, -0.2) is 0 Å². The number of nitrogens with two attached hydrogens (primary N) is 1. The van der Waals surface area contributed by atoms with Crippen LogP contribution in [0.4, 0.5) is 0 Å². The van der Waals surface area contributed by atoms with E-state index in [1.165, 1.54) is 0 Å². The van der Waals surface area contributed by atoms with Gasteiger partial charge >= 0.3 is 0 Å². The molecule has 2 fully saturated rings. The predicted octanol–water partition coefficient (Wildman–Crippen LogP) is 2.45. The minimum atomic E-state index is -0.457. The zero-order valence-corrected chi connectivity index (χ0v) is 14.8. The molecular formula is C17H21Cl2N3O2. The van der Waals surface area contributed by atoms with E-state index in [-0.39, 0.29) is 17.9 Å². The standard InChI is InChI=1S/C17H21Cl2N3O2/c18-12-6-11(7-13(19)8-12)17(24)22-5-1-2-15(22)16(23)21-9-14(20)10-3-4-10/h6-8,10,14-15H,1-5,9,20H2,(H,21,23). The van der Waals surface area contributed by atoms with Gasteiger partial charge in [0, 0.05) is 34.7 Å². The number of amides is 2. The van der Waals surface area contributed by atoms with Crippen LogP contribution in [-0.2, 0) is 4.79 Å². The topological polar surface area (TPSA) is 75.4 Å². The SMILES string of the molecule is NC(CNC(=O)C1CCCN1C(=O)c1cc(Cl)cc(Cl)c1)C1CC1. The molecule has 0 spiro atoms. The maximum Gasteiger partial charge on any atom is 0.254 e. The number of likely N-dealkylation sites (tertiary alicyclic amines) is 1. The van der Waals surface area contributed by atoms with Crippen molar-refractivity contribution in [2.75, 3.05) is 13.1 Å². The van der Waals surface area contributed by atoms with Crippen molar-refractivity contribution in [3.8, 4) is 0 Å². The van der Waals surface area contributed by atoms with Crippen LogP contribution in [0.25, 0.3) is 0 Å². The highest BCUT2D eigenvalue weighted by Gasteiger charge is 2.35. The average molecular weight is 370 g/mol. The molecule has 2 aliphatic rings. The van der Waals surface area contributed by atoms with E-state index in [2.05, 4.69) is 5.32 Å². The molecule has 3 rings (SSSR count). The number of carbonyl (C=O) groups excluding carboxylic acids is 2. The number of rotatable bonds is 5. The fraction of sp³-hybridized carbons (Fsp3) is 0.529. The van der Waals surface area contributed by atoms with Crippen LogP contribution in [-0.4, -0.2) is 41.9 Å². The van der Waals surface area contributed by atoms with E-state index in [0.717, 1.165) is 19.3 Å². The quantitative estimate of drug-likeness (QED) is 0.836. The average Bonchev–Trinajstić information content (AvgIpc) is 3.27. The molecule has 5 nitrogen and oxygen atoms in total. The molecule has 1 aliphatic carbocycles. The van der Waals surface area contributed by atoms with E-state index in [0.29, 0.717) is 41.0 Å². The third kappa shape index (κ3) is 4.02. The number of carbonyl (C=O) groups is 2. The number of nitrogens with zero attached hydrogens (tertiary/aromatic N) is 1. The van der Waals surface area contributed by atoms with Gasteiger partial charge in [-0.05, 0) is 49.8 Å². The molecule has 0 bridgehead atoms. The van der Waals surface area contributed by atoms with Crippen LogP contribution in [0.2, 0.25) is 10.0 Å². The smallest absolute Gasteiger partial charge is 0.254 e. The monoisotopic (exact) mass is 369 g/mol. The zero-order chi connectivity index (χ0) is 17.3. The van der Waals surface area contributed by atoms with Gasteiger partial charge in [0.2, 0.25) is 5.91 Å². The molecule has 24 heavy (non-hydrogen) atoms. The summed E-state index contributed by atoms with van der Waals surface area (Å²) < 4.78 is 0. The highest BCUT2D eigenvalue weighted by molar-refractivity contribution is 6.35. The Kier molecular flexibility index (Phi) is 5.33. The molecule has 1 aromatic rings. The van der Waals surface area contributed by atoms with Crippen LogP contribution in [0, 0.1) is 5.92 Å². The lowest BCUT2D eigenvalue weighted by Gasteiger charge is -2.25. The van der Waals surface area contributed by atoms with Crippen molar-refractivity contribution in [1.29, 1.82) is 0 Å². The summed E-state index contributed by atoms with van der Waals surface area (Å²) in [6.07, 6.45) is 3.73. The number of benzene rings is 1. The Morgan fingerprint density at radius 1 is 1.21 bits per heavy atom. The summed E-state index contributed by atoms with van der Waals surface area (Å²) in [6.45, 7) is 1.01. The molecule has 7 heteroatoms. The fourth-order valence-electron chi connectivity index (χ4n) is 3.15. The first-order valence-electron chi connectivity index (χ1n) is 8.26. The van der Waals surface area contributed by atoms with Crippen molar-refractivity contribution >= 4 is 35.0 Å². The van der Waals surface area contributed by atoms with Gasteiger partial charge in [0.05, 0.1) is 0 Å². The first-order chi connectivity index (χ1) is 11.5. The van der Waals surface area contributed by atoms with Gasteiger partial charge in [-0.1, -0.05) is 23.2 Å². The Labute approximate surface area is 151 Å². The van der Waals surface area contributed by atoms with E-state index in [4.69, 9.17) is 28.9 Å². The molecule has 2 atom stereocenters. The van der Waals surface area contributed by atoms with Gasteiger partial charge in [-0.15, -0.1) is 0 Å². The van der Waals surface area contributed by atoms with Crippen LogP contribution >= 0.6 is 23.2 Å². The fourth-order valence-corrected chi connectivity index (χ4v) is 3.68. The molecule has 2 amide bonds. The van der Waals surface area contributed by atoms with Gasteiger partial charge in [-0.2, -0.15) is 0 Å². The molecule has 0 aromatic heterocycles. The predicted molar refractivity (Wildman–Crippen MR) is 94.2 cm³/mol. The molecular weight excluding hydrogens is 349 g/mol. The van der Waals surface area contributed by atoms with Crippen LogP contribution < -0.4 is 11.1 Å². The Hall–Kier alpha value is -1.30. The molecule has 1 heterocycles. The number of hydrogen-bond acceptors (Lipinski definition) is 3. The number of nitrogens with one attached hydrogen (secondary N) is 1. The van der Waals surface area contributed by atoms with Crippen molar-refractivity contribution in [3.05, 3.63) is 33.8 Å². The summed E-state index contributed by atoms with van der Waals surface area (Å²) in [5.41, 5.74) is 6.42. The summed E-state index contributed by atoms with van der Waals surface area (Å²) in [5, 5.41) is 3.70. The van der Waals surface area contributed by atoms with Crippen LogP contribution in [0.1, 0.15) is 36.0 Å². The van der Waals surface area contributed by atoms with Crippen molar-refractivity contribution in [3.63, 3.8) is 0 Å². The summed E-state index contributed by atoms with van der Waals surface area (Å²) in [5.74, 6) is 0.175. The first-order valence-corrected chi connectivity index (χ1v) is 9.01. The summed E-state index contributed by atoms with van der Waals surface area (Å²) in [7, 11) is 0.